The Morgan fingerprint density at radius 2 is 1.60 bits per heavy atom. The van der Waals surface area contributed by atoms with Gasteiger partial charge in [-0.05, 0) is 24.3 Å². The fraction of sp³-hybridized carbons (Fsp3) is 0.158. The van der Waals surface area contributed by atoms with Crippen LogP contribution >= 0.6 is 0 Å². The van der Waals surface area contributed by atoms with Crippen molar-refractivity contribution in [2.45, 2.75) is 0 Å². The molecule has 1 aromatic heterocycles. The van der Waals surface area contributed by atoms with Gasteiger partial charge in [-0.3, -0.25) is 0 Å². The Hall–Kier alpha value is -3.28. The lowest BCUT2D eigenvalue weighted by Gasteiger charge is -2.07. The van der Waals surface area contributed by atoms with Gasteiger partial charge in [-0.25, -0.2) is 9.21 Å². The van der Waals surface area contributed by atoms with Gasteiger partial charge < -0.3 is 19.3 Å². The molecule has 0 aliphatic heterocycles. The van der Waals surface area contributed by atoms with Crippen LogP contribution in [0.1, 0.15) is 10.4 Å². The summed E-state index contributed by atoms with van der Waals surface area (Å²) in [6.45, 7) is 0. The zero-order chi connectivity index (χ0) is 18.0. The Bertz CT molecular complexity index is 931. The molecule has 0 radical (unpaired) electrons. The van der Waals surface area contributed by atoms with E-state index in [1.165, 1.54) is 20.3 Å². The van der Waals surface area contributed by atoms with Gasteiger partial charge in [0, 0.05) is 6.07 Å². The minimum absolute atomic E-state index is 0.0894. The molecule has 0 unspecified atom stereocenters. The molecule has 0 saturated carbocycles. The Kier molecular flexibility index (Phi) is 4.43. The summed E-state index contributed by atoms with van der Waals surface area (Å²) in [7, 11) is 4.57. The summed E-state index contributed by atoms with van der Waals surface area (Å²) < 4.78 is 21.6. The number of methoxy groups -OCH3 is 3. The first kappa shape index (κ1) is 16.6. The first-order valence-electron chi connectivity index (χ1n) is 7.48. The summed E-state index contributed by atoms with van der Waals surface area (Å²) >= 11 is 0. The second kappa shape index (κ2) is 6.68. The lowest BCUT2D eigenvalue weighted by Crippen LogP contribution is -2.01. The highest BCUT2D eigenvalue weighted by Gasteiger charge is 2.26. The maximum atomic E-state index is 11.8. The molecule has 0 atom stereocenters. The molecule has 6 heteroatoms. The smallest absolute Gasteiger partial charge is 0.369 e. The van der Waals surface area contributed by atoms with Gasteiger partial charge in [0.1, 0.15) is 22.6 Å². The summed E-state index contributed by atoms with van der Waals surface area (Å²) in [4.78, 5) is 11.8. The fourth-order valence-corrected chi connectivity index (χ4v) is 2.61. The summed E-state index contributed by atoms with van der Waals surface area (Å²) in [5, 5.41) is 10.0. The number of rotatable bonds is 5. The molecule has 25 heavy (non-hydrogen) atoms. The topological polar surface area (TPSA) is 76.3 Å². The number of aromatic carboxylic acids is 1. The summed E-state index contributed by atoms with van der Waals surface area (Å²) in [5.74, 6) is 0.932. The molecule has 0 amide bonds. The number of hydrogen-bond acceptors (Lipinski definition) is 4. The monoisotopic (exact) mass is 341 g/mol. The van der Waals surface area contributed by atoms with Crippen molar-refractivity contribution in [3.05, 3.63) is 48.0 Å². The van der Waals surface area contributed by atoms with Crippen LogP contribution in [0.4, 0.5) is 0 Å². The molecule has 0 bridgehead atoms. The van der Waals surface area contributed by atoms with Crippen LogP contribution in [0.2, 0.25) is 0 Å². The van der Waals surface area contributed by atoms with Gasteiger partial charge in [0.05, 0.1) is 44.6 Å². The summed E-state index contributed by atoms with van der Waals surface area (Å²) in [5.41, 5.74) is 1.18. The third-order valence-electron chi connectivity index (χ3n) is 3.86. The molecule has 0 aliphatic carbocycles. The Morgan fingerprint density at radius 1 is 0.920 bits per heavy atom. The highest BCUT2D eigenvalue weighted by molar-refractivity contribution is 6.06. The largest absolute Gasteiger partial charge is 0.497 e. The molecular formula is C19H17O6+. The highest BCUT2D eigenvalue weighted by atomic mass is 16.5. The average molecular weight is 341 g/mol. The second-order valence-corrected chi connectivity index (χ2v) is 5.26. The zero-order valence-electron chi connectivity index (χ0n) is 14.0. The molecule has 3 aromatic rings. The van der Waals surface area contributed by atoms with Gasteiger partial charge in [0.15, 0.2) is 0 Å². The molecular weight excluding hydrogens is 324 g/mol. The van der Waals surface area contributed by atoms with E-state index < -0.39 is 5.97 Å². The van der Waals surface area contributed by atoms with Gasteiger partial charge in [0.2, 0.25) is 0 Å². The minimum Gasteiger partial charge on any atom is -0.497 e. The minimum atomic E-state index is -1.07. The number of carbonyl (C=O) groups is 1. The van der Waals surface area contributed by atoms with Crippen molar-refractivity contribution in [2.75, 3.05) is 21.3 Å². The maximum Gasteiger partial charge on any atom is 0.369 e. The van der Waals surface area contributed by atoms with E-state index in [0.29, 0.717) is 34.0 Å². The van der Waals surface area contributed by atoms with Gasteiger partial charge in [0.25, 0.3) is 0 Å². The standard InChI is InChI=1S/C19H16O6/c1-22-12-6-4-11(5-7-12)15-10-14(19(20)21)18-16(24-3)8-13(23-2)9-17(18)25-15/h4-10H,1-3H3/p+1. The molecule has 128 valence electrons. The molecule has 1 heterocycles. The predicted octanol–water partition coefficient (Wildman–Crippen LogP) is 4.10. The van der Waals surface area contributed by atoms with Crippen LogP contribution in [0.15, 0.2) is 46.9 Å². The SMILES string of the molecule is COc1ccc(-c2cc(C(=O)O)c3c(OC)cc(OC)cc3[o+]2)cc1. The zero-order valence-corrected chi connectivity index (χ0v) is 14.0. The van der Waals surface area contributed by atoms with Gasteiger partial charge >= 0.3 is 17.3 Å². The van der Waals surface area contributed by atoms with Crippen LogP contribution in [0.25, 0.3) is 22.3 Å². The maximum absolute atomic E-state index is 11.8. The first-order valence-corrected chi connectivity index (χ1v) is 7.48. The first-order chi connectivity index (χ1) is 12.1. The number of carboxylic acid groups (broad SMARTS) is 1. The Balaban J connectivity index is 2.28. The van der Waals surface area contributed by atoms with Crippen molar-refractivity contribution in [3.63, 3.8) is 0 Å². The Labute approximate surface area is 144 Å². The summed E-state index contributed by atoms with van der Waals surface area (Å²) in [6.07, 6.45) is 0. The number of hydrogen-bond donors (Lipinski definition) is 1. The molecule has 6 nitrogen and oxygen atoms in total. The van der Waals surface area contributed by atoms with E-state index in [4.69, 9.17) is 18.6 Å². The predicted molar refractivity (Wildman–Crippen MR) is 92.7 cm³/mol. The van der Waals surface area contributed by atoms with Gasteiger partial charge in [-0.15, -0.1) is 0 Å². The van der Waals surface area contributed by atoms with Crippen molar-refractivity contribution in [3.8, 4) is 28.6 Å². The molecule has 0 aliphatic rings. The van der Waals surface area contributed by atoms with Crippen molar-refractivity contribution in [2.24, 2.45) is 0 Å². The van der Waals surface area contributed by atoms with E-state index in [1.807, 2.05) is 0 Å². The lowest BCUT2D eigenvalue weighted by atomic mass is 10.0. The van der Waals surface area contributed by atoms with Crippen molar-refractivity contribution < 1.29 is 28.5 Å². The van der Waals surface area contributed by atoms with Crippen LogP contribution in [-0.4, -0.2) is 32.4 Å². The van der Waals surface area contributed by atoms with Crippen LogP contribution in [-0.2, 0) is 0 Å². The van der Waals surface area contributed by atoms with E-state index in [-0.39, 0.29) is 5.56 Å². The van der Waals surface area contributed by atoms with Crippen LogP contribution < -0.4 is 14.2 Å². The van der Waals surface area contributed by atoms with E-state index in [2.05, 4.69) is 0 Å². The van der Waals surface area contributed by atoms with E-state index >= 15 is 0 Å². The normalized spacial score (nSPS) is 10.5. The molecule has 2 aromatic carbocycles. The van der Waals surface area contributed by atoms with Gasteiger partial charge in [-0.2, -0.15) is 0 Å². The van der Waals surface area contributed by atoms with Crippen LogP contribution in [0.3, 0.4) is 0 Å². The van der Waals surface area contributed by atoms with Crippen LogP contribution in [0.5, 0.6) is 17.2 Å². The lowest BCUT2D eigenvalue weighted by molar-refractivity contribution is 0.0698. The quantitative estimate of drug-likeness (QED) is 0.704. The molecule has 0 saturated heterocycles. The highest BCUT2D eigenvalue weighted by Crippen LogP contribution is 2.37. The number of carboxylic acids is 1. The molecule has 1 N–H and O–H groups in total. The molecule has 0 fully saturated rings. The second-order valence-electron chi connectivity index (χ2n) is 5.26. The number of benzene rings is 2. The van der Waals surface area contributed by atoms with E-state index in [0.717, 1.165) is 5.56 Å². The third-order valence-corrected chi connectivity index (χ3v) is 3.86. The van der Waals surface area contributed by atoms with E-state index in [1.54, 1.807) is 43.5 Å². The number of ether oxygens (including phenoxy) is 3. The third kappa shape index (κ3) is 3.06. The van der Waals surface area contributed by atoms with Gasteiger partial charge in [-0.1, -0.05) is 0 Å². The van der Waals surface area contributed by atoms with E-state index in [9.17, 15) is 9.90 Å². The number of fused-ring (bicyclic) bond motifs is 1. The van der Waals surface area contributed by atoms with Crippen LogP contribution in [0, 0.1) is 0 Å². The summed E-state index contributed by atoms with van der Waals surface area (Å²) in [6, 6.07) is 11.9. The average Bonchev–Trinajstić information content (AvgIpc) is 2.65. The molecule has 0 spiro atoms. The van der Waals surface area contributed by atoms with Crippen molar-refractivity contribution >= 4 is 16.9 Å². The van der Waals surface area contributed by atoms with Crippen molar-refractivity contribution in [1.29, 1.82) is 0 Å². The van der Waals surface area contributed by atoms with Crippen molar-refractivity contribution in [1.82, 2.24) is 0 Å². The fourth-order valence-electron chi connectivity index (χ4n) is 2.61. The Morgan fingerprint density at radius 3 is 2.16 bits per heavy atom. The molecule has 3 rings (SSSR count).